The van der Waals surface area contributed by atoms with Gasteiger partial charge in [0.1, 0.15) is 23.2 Å². The first-order valence-corrected chi connectivity index (χ1v) is 11.6. The molecule has 0 radical (unpaired) electrons. The first kappa shape index (κ1) is 23.9. The lowest BCUT2D eigenvalue weighted by atomic mass is 10.0. The van der Waals surface area contributed by atoms with Crippen LogP contribution in [0.15, 0.2) is 70.1 Å². The van der Waals surface area contributed by atoms with E-state index in [9.17, 15) is 14.9 Å². The zero-order valence-corrected chi connectivity index (χ0v) is 19.9. The second-order valence-electron chi connectivity index (χ2n) is 7.44. The van der Waals surface area contributed by atoms with Crippen LogP contribution < -0.4 is 16.0 Å². The molecule has 3 aromatic rings. The van der Waals surface area contributed by atoms with E-state index >= 15 is 0 Å². The Kier molecular flexibility index (Phi) is 7.03. The highest BCUT2D eigenvalue weighted by atomic mass is 32.2. The molecule has 9 heteroatoms. The minimum absolute atomic E-state index is 0.106. The highest BCUT2D eigenvalue weighted by molar-refractivity contribution is 7.99. The van der Waals surface area contributed by atoms with Crippen molar-refractivity contribution < 1.29 is 14.3 Å². The Bertz CT molecular complexity index is 1420. The Balaban J connectivity index is 1.88. The number of nitrogens with two attached hydrogens (primary N) is 1. The van der Waals surface area contributed by atoms with Crippen molar-refractivity contribution >= 4 is 35.7 Å². The molecule has 176 valence electrons. The molecule has 1 aliphatic rings. The van der Waals surface area contributed by atoms with Gasteiger partial charge in [-0.15, -0.1) is 0 Å². The van der Waals surface area contributed by atoms with Crippen molar-refractivity contribution in [3.8, 4) is 11.8 Å². The number of ether oxygens (including phenoxy) is 2. The Morgan fingerprint density at radius 2 is 1.91 bits per heavy atom. The van der Waals surface area contributed by atoms with Gasteiger partial charge in [-0.3, -0.25) is 4.79 Å². The number of rotatable bonds is 6. The average Bonchev–Trinajstić information content (AvgIpc) is 2.87. The third-order valence-electron chi connectivity index (χ3n) is 5.34. The standard InChI is InChI=1S/C26H22N4O4S/c1-3-34-25(32)21-22(17-10-12-18(33-2)13-11-17)35-26-29-20(14-9-16-7-5-4-6-8-16)19(15-27)24(31)30(26)23(21)28/h4-14,22H,3,28H2,1-2H3. The summed E-state index contributed by atoms with van der Waals surface area (Å²) in [6.45, 7) is 1.83. The number of nitrogens with zero attached hydrogens (tertiary/aromatic N) is 3. The van der Waals surface area contributed by atoms with Gasteiger partial charge in [0.25, 0.3) is 5.56 Å². The highest BCUT2D eigenvalue weighted by Gasteiger charge is 2.36. The summed E-state index contributed by atoms with van der Waals surface area (Å²) in [6.07, 6.45) is 3.40. The van der Waals surface area contributed by atoms with E-state index in [-0.39, 0.29) is 34.4 Å². The number of methoxy groups -OCH3 is 1. The number of nitriles is 1. The molecule has 1 unspecified atom stereocenters. The normalized spacial score (nSPS) is 14.9. The van der Waals surface area contributed by atoms with Crippen LogP contribution in [0.25, 0.3) is 18.0 Å². The molecule has 0 bridgehead atoms. The Morgan fingerprint density at radius 1 is 1.20 bits per heavy atom. The topological polar surface area (TPSA) is 120 Å². The summed E-state index contributed by atoms with van der Waals surface area (Å²) in [4.78, 5) is 30.8. The average molecular weight is 487 g/mol. The van der Waals surface area contributed by atoms with E-state index in [1.54, 1.807) is 38.3 Å². The summed E-state index contributed by atoms with van der Waals surface area (Å²) in [6, 6.07) is 18.6. The van der Waals surface area contributed by atoms with Gasteiger partial charge in [-0.05, 0) is 36.3 Å². The highest BCUT2D eigenvalue weighted by Crippen LogP contribution is 2.45. The van der Waals surface area contributed by atoms with Crippen molar-refractivity contribution in [2.75, 3.05) is 13.7 Å². The summed E-state index contributed by atoms with van der Waals surface area (Å²) in [5.74, 6) is -0.0843. The molecule has 1 aromatic heterocycles. The number of hydrogen-bond acceptors (Lipinski definition) is 8. The molecule has 4 rings (SSSR count). The van der Waals surface area contributed by atoms with E-state index in [1.807, 2.05) is 48.5 Å². The van der Waals surface area contributed by atoms with Crippen LogP contribution in [0.3, 0.4) is 0 Å². The van der Waals surface area contributed by atoms with Gasteiger partial charge < -0.3 is 15.2 Å². The lowest BCUT2D eigenvalue weighted by Gasteiger charge is -2.28. The molecule has 8 nitrogen and oxygen atoms in total. The monoisotopic (exact) mass is 486 g/mol. The number of benzene rings is 2. The second kappa shape index (κ2) is 10.3. The van der Waals surface area contributed by atoms with Crippen molar-refractivity contribution in [3.05, 3.63) is 92.9 Å². The smallest absolute Gasteiger partial charge is 0.339 e. The molecule has 0 aliphatic carbocycles. The maximum absolute atomic E-state index is 13.3. The largest absolute Gasteiger partial charge is 0.497 e. The number of carbonyl (C=O) groups is 1. The predicted octanol–water partition coefficient (Wildman–Crippen LogP) is 3.83. The second-order valence-corrected chi connectivity index (χ2v) is 8.51. The molecule has 1 atom stereocenters. The van der Waals surface area contributed by atoms with Crippen molar-refractivity contribution in [3.63, 3.8) is 0 Å². The molecule has 0 saturated carbocycles. The molecule has 2 heterocycles. The molecule has 0 saturated heterocycles. The van der Waals surface area contributed by atoms with E-state index in [4.69, 9.17) is 15.2 Å². The number of aromatic nitrogens is 2. The third-order valence-corrected chi connectivity index (χ3v) is 6.57. The van der Waals surface area contributed by atoms with Crippen LogP contribution in [0, 0.1) is 11.3 Å². The first-order chi connectivity index (χ1) is 17.0. The minimum Gasteiger partial charge on any atom is -0.497 e. The van der Waals surface area contributed by atoms with Gasteiger partial charge in [0.15, 0.2) is 5.16 Å². The van der Waals surface area contributed by atoms with Crippen LogP contribution in [-0.4, -0.2) is 29.2 Å². The quantitative estimate of drug-likeness (QED) is 0.412. The van der Waals surface area contributed by atoms with E-state index in [0.29, 0.717) is 5.75 Å². The van der Waals surface area contributed by atoms with Crippen LogP contribution in [0.2, 0.25) is 0 Å². The van der Waals surface area contributed by atoms with Crippen LogP contribution >= 0.6 is 11.8 Å². The minimum atomic E-state index is -0.648. The zero-order valence-electron chi connectivity index (χ0n) is 19.1. The SMILES string of the molecule is CCOC(=O)C1=C(N)n2c(nc(C=Cc3ccccc3)c(C#N)c2=O)SC1c1ccc(OC)cc1. The molecular weight excluding hydrogens is 464 g/mol. The molecule has 0 spiro atoms. The van der Waals surface area contributed by atoms with Crippen molar-refractivity contribution in [2.45, 2.75) is 17.3 Å². The fraction of sp³-hybridized carbons (Fsp3) is 0.154. The van der Waals surface area contributed by atoms with Crippen molar-refractivity contribution in [2.24, 2.45) is 5.73 Å². The van der Waals surface area contributed by atoms with Crippen LogP contribution in [0.1, 0.15) is 34.6 Å². The molecule has 0 amide bonds. The van der Waals surface area contributed by atoms with E-state index in [1.165, 1.54) is 11.8 Å². The van der Waals surface area contributed by atoms with Crippen molar-refractivity contribution in [1.29, 1.82) is 5.26 Å². The molecule has 2 N–H and O–H groups in total. The lowest BCUT2D eigenvalue weighted by molar-refractivity contribution is -0.138. The van der Waals surface area contributed by atoms with Gasteiger partial charge in [0.2, 0.25) is 0 Å². The summed E-state index contributed by atoms with van der Waals surface area (Å²) >= 11 is 1.19. The Labute approximate surface area is 206 Å². The number of carbonyl (C=O) groups excluding carboxylic acids is 1. The molecule has 0 fully saturated rings. The van der Waals surface area contributed by atoms with E-state index in [2.05, 4.69) is 4.98 Å². The summed E-state index contributed by atoms with van der Waals surface area (Å²) in [7, 11) is 1.57. The summed E-state index contributed by atoms with van der Waals surface area (Å²) < 4.78 is 11.6. The van der Waals surface area contributed by atoms with Gasteiger partial charge in [-0.1, -0.05) is 60.3 Å². The number of hydrogen-bond donors (Lipinski definition) is 1. The lowest BCUT2D eigenvalue weighted by Crippen LogP contribution is -2.34. The summed E-state index contributed by atoms with van der Waals surface area (Å²) in [5, 5.41) is 9.41. The third kappa shape index (κ3) is 4.69. The summed E-state index contributed by atoms with van der Waals surface area (Å²) in [5.41, 5.74) is 7.56. The zero-order chi connectivity index (χ0) is 24.9. The molecule has 1 aliphatic heterocycles. The Morgan fingerprint density at radius 3 is 2.54 bits per heavy atom. The predicted molar refractivity (Wildman–Crippen MR) is 134 cm³/mol. The fourth-order valence-electron chi connectivity index (χ4n) is 3.63. The van der Waals surface area contributed by atoms with E-state index < -0.39 is 16.8 Å². The van der Waals surface area contributed by atoms with Gasteiger partial charge in [0.05, 0.1) is 30.2 Å². The van der Waals surface area contributed by atoms with Crippen LogP contribution in [0.5, 0.6) is 5.75 Å². The number of fused-ring (bicyclic) bond motifs is 1. The van der Waals surface area contributed by atoms with Crippen LogP contribution in [-0.2, 0) is 9.53 Å². The molecule has 2 aromatic carbocycles. The van der Waals surface area contributed by atoms with Gasteiger partial charge in [-0.25, -0.2) is 14.3 Å². The van der Waals surface area contributed by atoms with Gasteiger partial charge in [0, 0.05) is 0 Å². The van der Waals surface area contributed by atoms with Gasteiger partial charge in [-0.2, -0.15) is 5.26 Å². The van der Waals surface area contributed by atoms with E-state index in [0.717, 1.165) is 15.7 Å². The maximum Gasteiger partial charge on any atom is 0.339 e. The van der Waals surface area contributed by atoms with Gasteiger partial charge >= 0.3 is 5.97 Å². The molecule has 35 heavy (non-hydrogen) atoms. The first-order valence-electron chi connectivity index (χ1n) is 10.8. The molecular formula is C26H22N4O4S. The number of thioether (sulfide) groups is 1. The maximum atomic E-state index is 13.3. The Hall–Kier alpha value is -4.29. The number of esters is 1. The van der Waals surface area contributed by atoms with Crippen molar-refractivity contribution in [1.82, 2.24) is 9.55 Å². The fourth-order valence-corrected chi connectivity index (χ4v) is 4.90. The van der Waals surface area contributed by atoms with Crippen LogP contribution in [0.4, 0.5) is 0 Å².